The van der Waals surface area contributed by atoms with E-state index in [1.54, 1.807) is 12.4 Å². The molecule has 0 saturated heterocycles. The van der Waals surface area contributed by atoms with E-state index in [4.69, 9.17) is 0 Å². The minimum Gasteiger partial charge on any atom is -0.311 e. The molecule has 2 aromatic rings. The van der Waals surface area contributed by atoms with Gasteiger partial charge in [-0.3, -0.25) is 4.98 Å². The van der Waals surface area contributed by atoms with Crippen LogP contribution in [0.5, 0.6) is 0 Å². The highest BCUT2D eigenvalue weighted by Gasteiger charge is 2.04. The summed E-state index contributed by atoms with van der Waals surface area (Å²) in [5.41, 5.74) is 2.99. The van der Waals surface area contributed by atoms with E-state index < -0.39 is 0 Å². The van der Waals surface area contributed by atoms with Crippen molar-refractivity contribution in [2.24, 2.45) is 0 Å². The average molecular weight is 242 g/mol. The van der Waals surface area contributed by atoms with Gasteiger partial charge in [-0.05, 0) is 43.7 Å². The number of pyridine rings is 1. The smallest absolute Gasteiger partial charge is 0.178 e. The summed E-state index contributed by atoms with van der Waals surface area (Å²) in [6.45, 7) is 5.96. The molecule has 0 unspecified atom stereocenters. The number of hydrogen-bond acceptors (Lipinski definition) is 4. The molecule has 0 aromatic carbocycles. The highest BCUT2D eigenvalue weighted by Crippen LogP contribution is 2.12. The zero-order valence-corrected chi connectivity index (χ0v) is 10.8. The molecule has 0 spiro atoms. The van der Waals surface area contributed by atoms with Crippen LogP contribution in [-0.2, 0) is 6.54 Å². The average Bonchev–Trinajstić information content (AvgIpc) is 2.39. The van der Waals surface area contributed by atoms with Gasteiger partial charge in [-0.1, -0.05) is 6.92 Å². The van der Waals surface area contributed by atoms with Crippen LogP contribution in [0.2, 0.25) is 0 Å². The van der Waals surface area contributed by atoms with Crippen LogP contribution in [0.3, 0.4) is 0 Å². The molecule has 0 fully saturated rings. The zero-order valence-electron chi connectivity index (χ0n) is 10.8. The molecule has 18 heavy (non-hydrogen) atoms. The van der Waals surface area contributed by atoms with Crippen LogP contribution >= 0.6 is 0 Å². The Hall–Kier alpha value is -1.81. The summed E-state index contributed by atoms with van der Waals surface area (Å²) in [5, 5.41) is 3.33. The van der Waals surface area contributed by atoms with Gasteiger partial charge in [-0.25, -0.2) is 9.97 Å². The molecule has 0 aliphatic heterocycles. The number of nitrogens with one attached hydrogen (secondary N) is 1. The Bertz CT molecular complexity index is 511. The summed E-state index contributed by atoms with van der Waals surface area (Å²) in [5.74, 6) is 0.689. The number of hydrogen-bond donors (Lipinski definition) is 1. The van der Waals surface area contributed by atoms with Crippen molar-refractivity contribution in [3.05, 3.63) is 41.9 Å². The first-order chi connectivity index (χ1) is 8.79. The minimum absolute atomic E-state index is 0.689. The predicted molar refractivity (Wildman–Crippen MR) is 72.0 cm³/mol. The molecule has 0 radical (unpaired) electrons. The van der Waals surface area contributed by atoms with E-state index in [1.165, 1.54) is 0 Å². The van der Waals surface area contributed by atoms with Gasteiger partial charge in [0.15, 0.2) is 5.82 Å². The van der Waals surface area contributed by atoms with E-state index in [2.05, 4.69) is 27.2 Å². The first kappa shape index (κ1) is 12.6. The lowest BCUT2D eigenvalue weighted by Gasteiger charge is -2.05. The lowest BCUT2D eigenvalue weighted by atomic mass is 10.2. The van der Waals surface area contributed by atoms with Crippen LogP contribution in [0.15, 0.2) is 30.6 Å². The minimum atomic E-state index is 0.689. The molecule has 0 aliphatic rings. The third-order valence-corrected chi connectivity index (χ3v) is 2.59. The van der Waals surface area contributed by atoms with Crippen molar-refractivity contribution >= 4 is 0 Å². The molecule has 94 valence electrons. The number of aryl methyl sites for hydroxylation is 1. The molecule has 1 N–H and O–H groups in total. The molecule has 2 rings (SSSR count). The van der Waals surface area contributed by atoms with Crippen molar-refractivity contribution in [3.8, 4) is 11.5 Å². The normalized spacial score (nSPS) is 10.6. The van der Waals surface area contributed by atoms with Crippen molar-refractivity contribution in [1.29, 1.82) is 0 Å². The molecule has 0 bridgehead atoms. The van der Waals surface area contributed by atoms with Gasteiger partial charge in [0.2, 0.25) is 0 Å². The SMILES string of the molecule is CCCNCc1ccnc(-c2cc(C)ccn2)n1. The van der Waals surface area contributed by atoms with Gasteiger partial charge in [0.05, 0.1) is 5.69 Å². The Morgan fingerprint density at radius 2 is 2.00 bits per heavy atom. The van der Waals surface area contributed by atoms with E-state index in [1.807, 2.05) is 25.1 Å². The maximum atomic E-state index is 4.52. The summed E-state index contributed by atoms with van der Waals surface area (Å²) in [7, 11) is 0. The quantitative estimate of drug-likeness (QED) is 0.818. The second-order valence-corrected chi connectivity index (χ2v) is 4.27. The third kappa shape index (κ3) is 3.34. The van der Waals surface area contributed by atoms with Crippen LogP contribution in [0.1, 0.15) is 24.6 Å². The van der Waals surface area contributed by atoms with E-state index in [0.29, 0.717) is 5.82 Å². The molecule has 0 aliphatic carbocycles. The topological polar surface area (TPSA) is 50.7 Å². The molecule has 2 aromatic heterocycles. The molecule has 4 heteroatoms. The Morgan fingerprint density at radius 3 is 2.78 bits per heavy atom. The Morgan fingerprint density at radius 1 is 1.17 bits per heavy atom. The number of aromatic nitrogens is 3. The van der Waals surface area contributed by atoms with Crippen LogP contribution in [0.4, 0.5) is 0 Å². The monoisotopic (exact) mass is 242 g/mol. The molecule has 0 amide bonds. The van der Waals surface area contributed by atoms with Crippen LogP contribution in [-0.4, -0.2) is 21.5 Å². The van der Waals surface area contributed by atoms with Crippen molar-refractivity contribution in [1.82, 2.24) is 20.3 Å². The summed E-state index contributed by atoms with van der Waals surface area (Å²) < 4.78 is 0. The van der Waals surface area contributed by atoms with Gasteiger partial charge in [0.1, 0.15) is 5.69 Å². The first-order valence-electron chi connectivity index (χ1n) is 6.25. The third-order valence-electron chi connectivity index (χ3n) is 2.59. The lowest BCUT2D eigenvalue weighted by Crippen LogP contribution is -2.15. The Balaban J connectivity index is 2.16. The largest absolute Gasteiger partial charge is 0.311 e. The van der Waals surface area contributed by atoms with Crippen LogP contribution in [0.25, 0.3) is 11.5 Å². The summed E-state index contributed by atoms with van der Waals surface area (Å²) >= 11 is 0. The van der Waals surface area contributed by atoms with Crippen LogP contribution < -0.4 is 5.32 Å². The second-order valence-electron chi connectivity index (χ2n) is 4.27. The van der Waals surface area contributed by atoms with Gasteiger partial charge in [0.25, 0.3) is 0 Å². The van der Waals surface area contributed by atoms with Crippen molar-refractivity contribution in [2.75, 3.05) is 6.54 Å². The molecule has 2 heterocycles. The highest BCUT2D eigenvalue weighted by molar-refractivity contribution is 5.49. The predicted octanol–water partition coefficient (Wildman–Crippen LogP) is 2.35. The fraction of sp³-hybridized carbons (Fsp3) is 0.357. The van der Waals surface area contributed by atoms with Gasteiger partial charge in [-0.15, -0.1) is 0 Å². The standard InChI is InChI=1S/C14H18N4/c1-3-6-15-10-12-5-8-17-14(18-12)13-9-11(2)4-7-16-13/h4-5,7-9,15H,3,6,10H2,1-2H3. The molecular weight excluding hydrogens is 224 g/mol. The Kier molecular flexibility index (Phi) is 4.36. The van der Waals surface area contributed by atoms with Gasteiger partial charge in [-0.2, -0.15) is 0 Å². The van der Waals surface area contributed by atoms with E-state index in [9.17, 15) is 0 Å². The fourth-order valence-corrected chi connectivity index (χ4v) is 1.67. The van der Waals surface area contributed by atoms with E-state index in [0.717, 1.165) is 36.5 Å². The van der Waals surface area contributed by atoms with Gasteiger partial charge in [0, 0.05) is 18.9 Å². The van der Waals surface area contributed by atoms with Crippen LogP contribution in [0, 0.1) is 6.92 Å². The molecule has 0 atom stereocenters. The number of nitrogens with zero attached hydrogens (tertiary/aromatic N) is 3. The zero-order chi connectivity index (χ0) is 12.8. The summed E-state index contributed by atoms with van der Waals surface area (Å²) in [4.78, 5) is 13.1. The van der Waals surface area contributed by atoms with Gasteiger partial charge >= 0.3 is 0 Å². The first-order valence-corrected chi connectivity index (χ1v) is 6.25. The molecular formula is C14H18N4. The summed E-state index contributed by atoms with van der Waals surface area (Å²) in [6, 6.07) is 5.90. The lowest BCUT2D eigenvalue weighted by molar-refractivity contribution is 0.663. The van der Waals surface area contributed by atoms with E-state index >= 15 is 0 Å². The maximum absolute atomic E-state index is 4.52. The number of rotatable bonds is 5. The van der Waals surface area contributed by atoms with E-state index in [-0.39, 0.29) is 0 Å². The van der Waals surface area contributed by atoms with Crippen molar-refractivity contribution in [3.63, 3.8) is 0 Å². The molecule has 4 nitrogen and oxygen atoms in total. The highest BCUT2D eigenvalue weighted by atomic mass is 14.9. The van der Waals surface area contributed by atoms with Crippen molar-refractivity contribution < 1.29 is 0 Å². The maximum Gasteiger partial charge on any atom is 0.178 e. The molecule has 0 saturated carbocycles. The van der Waals surface area contributed by atoms with Gasteiger partial charge < -0.3 is 5.32 Å². The van der Waals surface area contributed by atoms with Crippen molar-refractivity contribution in [2.45, 2.75) is 26.8 Å². The second kappa shape index (κ2) is 6.21. The Labute approximate surface area is 108 Å². The summed E-state index contributed by atoms with van der Waals surface area (Å²) in [6.07, 6.45) is 4.70. The fourth-order valence-electron chi connectivity index (χ4n) is 1.67.